The van der Waals surface area contributed by atoms with Crippen LogP contribution in [0.5, 0.6) is 5.75 Å². The van der Waals surface area contributed by atoms with Gasteiger partial charge in [-0.05, 0) is 12.1 Å². The van der Waals surface area contributed by atoms with Crippen LogP contribution in [-0.4, -0.2) is 33.8 Å². The van der Waals surface area contributed by atoms with Crippen LogP contribution in [0.15, 0.2) is 34.9 Å². The van der Waals surface area contributed by atoms with Crippen molar-refractivity contribution >= 4 is 10.2 Å². The van der Waals surface area contributed by atoms with Crippen LogP contribution in [0.2, 0.25) is 0 Å². The van der Waals surface area contributed by atoms with Crippen LogP contribution in [0.3, 0.4) is 0 Å². The van der Waals surface area contributed by atoms with Gasteiger partial charge in [-0.2, -0.15) is 8.42 Å². The molecule has 2 rings (SSSR count). The number of nitrogens with zero attached hydrogens (tertiary/aromatic N) is 1. The predicted molar refractivity (Wildman–Crippen MR) is 82.8 cm³/mol. The first kappa shape index (κ1) is 16.5. The minimum absolute atomic E-state index is 0.249. The van der Waals surface area contributed by atoms with Gasteiger partial charge in [0.2, 0.25) is 0 Å². The fraction of sp³-hybridized carbons (Fsp3) is 0.357. The molecule has 0 aliphatic heterocycles. The Bertz CT molecular complexity index is 712. The lowest BCUT2D eigenvalue weighted by Gasteiger charge is -2.04. The second kappa shape index (κ2) is 7.39. The number of benzene rings is 1. The van der Waals surface area contributed by atoms with Gasteiger partial charge in [-0.3, -0.25) is 0 Å². The van der Waals surface area contributed by atoms with Crippen molar-refractivity contribution in [2.75, 3.05) is 20.2 Å². The van der Waals surface area contributed by atoms with Crippen LogP contribution >= 0.6 is 0 Å². The summed E-state index contributed by atoms with van der Waals surface area (Å²) in [5, 5.41) is 3.94. The summed E-state index contributed by atoms with van der Waals surface area (Å²) in [7, 11) is -1.83. The van der Waals surface area contributed by atoms with Crippen molar-refractivity contribution in [1.82, 2.24) is 14.6 Å². The van der Waals surface area contributed by atoms with Crippen LogP contribution < -0.4 is 14.2 Å². The number of methoxy groups -OCH3 is 1. The highest BCUT2D eigenvalue weighted by atomic mass is 32.2. The second-order valence-corrected chi connectivity index (χ2v) is 6.14. The summed E-state index contributed by atoms with van der Waals surface area (Å²) in [5.41, 5.74) is 1.53. The first-order chi connectivity index (χ1) is 10.5. The normalized spacial score (nSPS) is 11.5. The Morgan fingerprint density at radius 2 is 2.09 bits per heavy atom. The molecule has 0 saturated heterocycles. The van der Waals surface area contributed by atoms with Crippen LogP contribution in [0.1, 0.15) is 12.6 Å². The van der Waals surface area contributed by atoms with E-state index in [2.05, 4.69) is 14.6 Å². The van der Waals surface area contributed by atoms with E-state index in [1.165, 1.54) is 0 Å². The zero-order valence-electron chi connectivity index (χ0n) is 12.5. The topological polar surface area (TPSA) is 93.5 Å². The van der Waals surface area contributed by atoms with E-state index < -0.39 is 10.2 Å². The average Bonchev–Trinajstić information content (AvgIpc) is 2.96. The van der Waals surface area contributed by atoms with Gasteiger partial charge < -0.3 is 9.26 Å². The molecule has 0 radical (unpaired) electrons. The van der Waals surface area contributed by atoms with Gasteiger partial charge in [0.15, 0.2) is 5.76 Å². The quantitative estimate of drug-likeness (QED) is 0.764. The van der Waals surface area contributed by atoms with Crippen LogP contribution in [0, 0.1) is 0 Å². The SMILES string of the molecule is CCNS(=O)(=O)NCCc1cc(-c2cccc(OC)c2)on1. The first-order valence-corrected chi connectivity index (χ1v) is 8.36. The minimum Gasteiger partial charge on any atom is -0.497 e. The number of ether oxygens (including phenoxy) is 1. The molecule has 22 heavy (non-hydrogen) atoms. The molecule has 0 spiro atoms. The minimum atomic E-state index is -3.43. The number of hydrogen-bond donors (Lipinski definition) is 2. The summed E-state index contributed by atoms with van der Waals surface area (Å²) in [6.07, 6.45) is 0.443. The Balaban J connectivity index is 1.97. The van der Waals surface area contributed by atoms with Gasteiger partial charge in [-0.25, -0.2) is 9.44 Å². The Kier molecular flexibility index (Phi) is 5.53. The molecule has 0 aliphatic rings. The van der Waals surface area contributed by atoms with Crippen molar-refractivity contribution in [3.8, 4) is 17.1 Å². The smallest absolute Gasteiger partial charge is 0.276 e. The highest BCUT2D eigenvalue weighted by Gasteiger charge is 2.10. The molecule has 1 heterocycles. The van der Waals surface area contributed by atoms with Gasteiger partial charge in [0.1, 0.15) is 5.75 Å². The number of aromatic nitrogens is 1. The van der Waals surface area contributed by atoms with Crippen molar-refractivity contribution in [2.45, 2.75) is 13.3 Å². The molecule has 2 aromatic rings. The second-order valence-electron chi connectivity index (χ2n) is 4.56. The number of hydrogen-bond acceptors (Lipinski definition) is 5. The summed E-state index contributed by atoms with van der Waals surface area (Å²) >= 11 is 0. The molecule has 120 valence electrons. The standard InChI is InChI=1S/C14H19N3O4S/c1-3-15-22(18,19)16-8-7-12-10-14(21-17-12)11-5-4-6-13(9-11)20-2/h4-6,9-10,15-16H,3,7-8H2,1-2H3. The third-order valence-corrected chi connectivity index (χ3v) is 4.17. The highest BCUT2D eigenvalue weighted by Crippen LogP contribution is 2.24. The van der Waals surface area contributed by atoms with E-state index in [-0.39, 0.29) is 6.54 Å². The molecular weight excluding hydrogens is 306 g/mol. The molecule has 0 fully saturated rings. The molecule has 1 aromatic carbocycles. The van der Waals surface area contributed by atoms with Crippen molar-refractivity contribution in [3.05, 3.63) is 36.0 Å². The number of rotatable bonds is 8. The van der Waals surface area contributed by atoms with Crippen molar-refractivity contribution < 1.29 is 17.7 Å². The molecule has 7 nitrogen and oxygen atoms in total. The third-order valence-electron chi connectivity index (χ3n) is 2.92. The van der Waals surface area contributed by atoms with Gasteiger partial charge >= 0.3 is 0 Å². The van der Waals surface area contributed by atoms with Crippen molar-refractivity contribution in [1.29, 1.82) is 0 Å². The zero-order valence-corrected chi connectivity index (χ0v) is 13.3. The van der Waals surface area contributed by atoms with E-state index in [0.29, 0.717) is 24.4 Å². The summed E-state index contributed by atoms with van der Waals surface area (Å²) in [6.45, 7) is 2.32. The van der Waals surface area contributed by atoms with E-state index in [0.717, 1.165) is 11.3 Å². The lowest BCUT2D eigenvalue weighted by molar-refractivity contribution is 0.412. The maximum absolute atomic E-state index is 11.4. The van der Waals surface area contributed by atoms with Gasteiger partial charge in [-0.15, -0.1) is 0 Å². The van der Waals surface area contributed by atoms with Gasteiger partial charge in [0.25, 0.3) is 10.2 Å². The van der Waals surface area contributed by atoms with E-state index in [9.17, 15) is 8.42 Å². The largest absolute Gasteiger partial charge is 0.497 e. The fourth-order valence-electron chi connectivity index (χ4n) is 1.90. The molecule has 0 unspecified atom stereocenters. The lowest BCUT2D eigenvalue weighted by atomic mass is 10.1. The van der Waals surface area contributed by atoms with Gasteiger partial charge in [-0.1, -0.05) is 24.2 Å². The zero-order chi connectivity index (χ0) is 16.0. The van der Waals surface area contributed by atoms with Crippen molar-refractivity contribution in [2.24, 2.45) is 0 Å². The Labute approximate surface area is 129 Å². The number of nitrogens with one attached hydrogen (secondary N) is 2. The van der Waals surface area contributed by atoms with E-state index in [1.807, 2.05) is 24.3 Å². The Morgan fingerprint density at radius 3 is 2.82 bits per heavy atom. The molecule has 0 aliphatic carbocycles. The molecular formula is C14H19N3O4S. The van der Waals surface area contributed by atoms with Crippen LogP contribution in [-0.2, 0) is 16.6 Å². The average molecular weight is 325 g/mol. The molecule has 2 N–H and O–H groups in total. The molecule has 0 bridgehead atoms. The summed E-state index contributed by atoms with van der Waals surface area (Å²) in [4.78, 5) is 0. The van der Waals surface area contributed by atoms with Gasteiger partial charge in [0, 0.05) is 31.1 Å². The maximum atomic E-state index is 11.4. The molecule has 1 aromatic heterocycles. The van der Waals surface area contributed by atoms with Gasteiger partial charge in [0.05, 0.1) is 12.8 Å². The first-order valence-electron chi connectivity index (χ1n) is 6.88. The summed E-state index contributed by atoms with van der Waals surface area (Å²) < 4.78 is 38.1. The maximum Gasteiger partial charge on any atom is 0.276 e. The predicted octanol–water partition coefficient (Wildman–Crippen LogP) is 1.34. The third kappa shape index (κ3) is 4.55. The summed E-state index contributed by atoms with van der Waals surface area (Å²) in [6, 6.07) is 9.23. The van der Waals surface area contributed by atoms with E-state index in [4.69, 9.17) is 9.26 Å². The Hall–Kier alpha value is -1.90. The lowest BCUT2D eigenvalue weighted by Crippen LogP contribution is -2.37. The van der Waals surface area contributed by atoms with Crippen molar-refractivity contribution in [3.63, 3.8) is 0 Å². The Morgan fingerprint density at radius 1 is 1.27 bits per heavy atom. The highest BCUT2D eigenvalue weighted by molar-refractivity contribution is 7.87. The summed E-state index contributed by atoms with van der Waals surface area (Å²) in [5.74, 6) is 1.34. The molecule has 0 atom stereocenters. The monoisotopic (exact) mass is 325 g/mol. The fourth-order valence-corrected chi connectivity index (χ4v) is 2.75. The molecule has 8 heteroatoms. The van der Waals surface area contributed by atoms with E-state index in [1.54, 1.807) is 20.1 Å². The molecule has 0 amide bonds. The molecule has 0 saturated carbocycles. The van der Waals surface area contributed by atoms with Crippen LogP contribution in [0.25, 0.3) is 11.3 Å². The van der Waals surface area contributed by atoms with E-state index >= 15 is 0 Å². The van der Waals surface area contributed by atoms with Crippen LogP contribution in [0.4, 0.5) is 0 Å².